The van der Waals surface area contributed by atoms with Crippen LogP contribution in [0.25, 0.3) is 0 Å². The Hall–Kier alpha value is -1.30. The number of halogens is 2. The van der Waals surface area contributed by atoms with Gasteiger partial charge in [0.1, 0.15) is 0 Å². The summed E-state index contributed by atoms with van der Waals surface area (Å²) in [5, 5.41) is 7.51. The zero-order valence-corrected chi connectivity index (χ0v) is 13.4. The van der Waals surface area contributed by atoms with Gasteiger partial charge in [-0.1, -0.05) is 23.2 Å². The number of anilines is 2. The van der Waals surface area contributed by atoms with E-state index in [2.05, 4.69) is 29.5 Å². The van der Waals surface area contributed by atoms with Crippen LogP contribution < -0.4 is 10.6 Å². The van der Waals surface area contributed by atoms with E-state index in [0.29, 0.717) is 27.1 Å². The molecule has 0 unspecified atom stereocenters. The Labute approximate surface area is 133 Å². The molecular weight excluding hydrogens is 315 g/mol. The van der Waals surface area contributed by atoms with E-state index < -0.39 is 0 Å². The van der Waals surface area contributed by atoms with Gasteiger partial charge < -0.3 is 15.2 Å². The van der Waals surface area contributed by atoms with Gasteiger partial charge in [-0.25, -0.2) is 4.98 Å². The molecule has 1 aromatic carbocycles. The van der Waals surface area contributed by atoms with Gasteiger partial charge in [-0.2, -0.15) is 0 Å². The van der Waals surface area contributed by atoms with Crippen LogP contribution >= 0.6 is 35.4 Å². The van der Waals surface area contributed by atoms with Crippen LogP contribution in [0.4, 0.5) is 11.6 Å². The van der Waals surface area contributed by atoms with E-state index in [4.69, 9.17) is 35.4 Å². The van der Waals surface area contributed by atoms with Crippen molar-refractivity contribution in [1.29, 1.82) is 0 Å². The first-order chi connectivity index (χ1) is 9.47. The Kier molecular flexibility index (Phi) is 4.86. The Morgan fingerprint density at radius 3 is 2.65 bits per heavy atom. The van der Waals surface area contributed by atoms with Crippen molar-refractivity contribution < 1.29 is 0 Å². The zero-order valence-electron chi connectivity index (χ0n) is 11.0. The molecule has 0 aliphatic heterocycles. The molecule has 0 bridgehead atoms. The summed E-state index contributed by atoms with van der Waals surface area (Å²) < 4.78 is 1.99. The summed E-state index contributed by atoms with van der Waals surface area (Å²) in [5.74, 6) is 0.692. The molecule has 0 aliphatic rings. The third kappa shape index (κ3) is 3.62. The predicted octanol–water partition coefficient (Wildman–Crippen LogP) is 4.58. The smallest absolute Gasteiger partial charge is 0.209 e. The second-order valence-corrected chi connectivity index (χ2v) is 5.68. The summed E-state index contributed by atoms with van der Waals surface area (Å²) in [6, 6.07) is 5.53. The molecule has 0 amide bonds. The maximum absolute atomic E-state index is 5.95. The summed E-state index contributed by atoms with van der Waals surface area (Å²) in [6.45, 7) is 4.14. The van der Waals surface area contributed by atoms with Gasteiger partial charge >= 0.3 is 0 Å². The van der Waals surface area contributed by atoms with Crippen molar-refractivity contribution >= 4 is 52.2 Å². The highest BCUT2D eigenvalue weighted by Gasteiger charge is 2.08. The van der Waals surface area contributed by atoms with Crippen LogP contribution in [0.3, 0.4) is 0 Å². The van der Waals surface area contributed by atoms with Crippen LogP contribution in [0.1, 0.15) is 19.9 Å². The molecule has 0 saturated carbocycles. The summed E-state index contributed by atoms with van der Waals surface area (Å²) in [7, 11) is 0. The van der Waals surface area contributed by atoms with E-state index in [1.807, 2.05) is 10.8 Å². The Balaban J connectivity index is 2.05. The van der Waals surface area contributed by atoms with Gasteiger partial charge in [0.25, 0.3) is 0 Å². The predicted molar refractivity (Wildman–Crippen MR) is 88.9 cm³/mol. The van der Waals surface area contributed by atoms with Crippen LogP contribution in [0.2, 0.25) is 10.0 Å². The molecule has 2 aromatic rings. The third-order valence-corrected chi connectivity index (χ3v) is 3.57. The molecule has 1 aromatic heterocycles. The summed E-state index contributed by atoms with van der Waals surface area (Å²) in [6.07, 6.45) is 3.62. The van der Waals surface area contributed by atoms with E-state index in [1.54, 1.807) is 24.4 Å². The second-order valence-electron chi connectivity index (χ2n) is 4.46. The summed E-state index contributed by atoms with van der Waals surface area (Å²) in [5.41, 5.74) is 0.763. The molecule has 0 saturated heterocycles. The van der Waals surface area contributed by atoms with E-state index in [-0.39, 0.29) is 0 Å². The fourth-order valence-electron chi connectivity index (χ4n) is 1.66. The van der Waals surface area contributed by atoms with Crippen molar-refractivity contribution in [1.82, 2.24) is 9.55 Å². The van der Waals surface area contributed by atoms with Crippen LogP contribution in [0, 0.1) is 0 Å². The number of thiocarbonyl (C=S) groups is 1. The lowest BCUT2D eigenvalue weighted by Crippen LogP contribution is -2.22. The van der Waals surface area contributed by atoms with Crippen molar-refractivity contribution in [2.24, 2.45) is 0 Å². The van der Waals surface area contributed by atoms with Crippen LogP contribution in [-0.2, 0) is 0 Å². The van der Waals surface area contributed by atoms with Crippen LogP contribution in [0.5, 0.6) is 0 Å². The molecule has 0 aliphatic carbocycles. The van der Waals surface area contributed by atoms with Crippen molar-refractivity contribution in [2.45, 2.75) is 19.9 Å². The molecule has 106 valence electrons. The topological polar surface area (TPSA) is 41.9 Å². The van der Waals surface area contributed by atoms with Crippen LogP contribution in [0.15, 0.2) is 30.6 Å². The quantitative estimate of drug-likeness (QED) is 0.809. The first-order valence-electron chi connectivity index (χ1n) is 6.03. The van der Waals surface area contributed by atoms with Gasteiger partial charge in [0, 0.05) is 24.1 Å². The minimum absolute atomic E-state index is 0.299. The minimum atomic E-state index is 0.299. The normalized spacial score (nSPS) is 10.7. The molecule has 2 N–H and O–H groups in total. The lowest BCUT2D eigenvalue weighted by Gasteiger charge is -2.14. The van der Waals surface area contributed by atoms with Crippen molar-refractivity contribution in [3.63, 3.8) is 0 Å². The monoisotopic (exact) mass is 328 g/mol. The van der Waals surface area contributed by atoms with Gasteiger partial charge in [-0.15, -0.1) is 0 Å². The van der Waals surface area contributed by atoms with Crippen LogP contribution in [-0.4, -0.2) is 14.7 Å². The zero-order chi connectivity index (χ0) is 14.7. The van der Waals surface area contributed by atoms with Crippen molar-refractivity contribution in [3.8, 4) is 0 Å². The number of benzene rings is 1. The molecule has 0 spiro atoms. The lowest BCUT2D eigenvalue weighted by atomic mass is 10.3. The average molecular weight is 329 g/mol. The van der Waals surface area contributed by atoms with Gasteiger partial charge in [0.15, 0.2) is 5.11 Å². The van der Waals surface area contributed by atoms with Crippen molar-refractivity contribution in [3.05, 3.63) is 40.6 Å². The highest BCUT2D eigenvalue weighted by Crippen LogP contribution is 2.25. The summed E-state index contributed by atoms with van der Waals surface area (Å²) >= 11 is 17.1. The standard InChI is InChI=1S/C13H14Cl2N4S/c1-8(2)19-6-5-16-12(19)18-13(20)17-9-3-4-10(14)11(15)7-9/h3-8H,1-2H3,(H2,16,17,18,20). The molecule has 7 heteroatoms. The fourth-order valence-corrected chi connectivity index (χ4v) is 2.17. The summed E-state index contributed by atoms with van der Waals surface area (Å²) in [4.78, 5) is 4.23. The number of aromatic nitrogens is 2. The Morgan fingerprint density at radius 2 is 2.00 bits per heavy atom. The minimum Gasteiger partial charge on any atom is -0.332 e. The van der Waals surface area contributed by atoms with E-state index in [0.717, 1.165) is 5.69 Å². The van der Waals surface area contributed by atoms with Gasteiger partial charge in [-0.3, -0.25) is 0 Å². The molecular formula is C13H14Cl2N4S. The number of hydrogen-bond acceptors (Lipinski definition) is 2. The second kappa shape index (κ2) is 6.43. The van der Waals surface area contributed by atoms with Gasteiger partial charge in [-0.05, 0) is 44.3 Å². The van der Waals surface area contributed by atoms with Gasteiger partial charge in [0.2, 0.25) is 5.95 Å². The maximum atomic E-state index is 5.95. The third-order valence-electron chi connectivity index (χ3n) is 2.63. The van der Waals surface area contributed by atoms with E-state index >= 15 is 0 Å². The SMILES string of the molecule is CC(C)n1ccnc1NC(=S)Nc1ccc(Cl)c(Cl)c1. The number of hydrogen-bond donors (Lipinski definition) is 2. The average Bonchev–Trinajstić information content (AvgIpc) is 2.82. The maximum Gasteiger partial charge on any atom is 0.209 e. The number of rotatable bonds is 3. The lowest BCUT2D eigenvalue weighted by molar-refractivity contribution is 0.608. The van der Waals surface area contributed by atoms with E-state index in [1.165, 1.54) is 0 Å². The molecule has 4 nitrogen and oxygen atoms in total. The van der Waals surface area contributed by atoms with Gasteiger partial charge in [0.05, 0.1) is 10.0 Å². The number of nitrogens with zero attached hydrogens (tertiary/aromatic N) is 2. The first-order valence-corrected chi connectivity index (χ1v) is 7.19. The molecule has 0 atom stereocenters. The molecule has 1 heterocycles. The Morgan fingerprint density at radius 1 is 1.25 bits per heavy atom. The number of nitrogens with one attached hydrogen (secondary N) is 2. The molecule has 0 radical (unpaired) electrons. The van der Waals surface area contributed by atoms with E-state index in [9.17, 15) is 0 Å². The largest absolute Gasteiger partial charge is 0.332 e. The first kappa shape index (κ1) is 15.1. The Bertz CT molecular complexity index is 625. The highest BCUT2D eigenvalue weighted by atomic mass is 35.5. The molecule has 0 fully saturated rings. The highest BCUT2D eigenvalue weighted by molar-refractivity contribution is 7.80. The number of imidazole rings is 1. The molecule has 2 rings (SSSR count). The van der Waals surface area contributed by atoms with Crippen molar-refractivity contribution in [2.75, 3.05) is 10.6 Å². The fraction of sp³-hybridized carbons (Fsp3) is 0.231. The molecule has 20 heavy (non-hydrogen) atoms.